The molecule has 1 unspecified atom stereocenters. The molecule has 3 fully saturated rings. The Hall–Kier alpha value is -2.92. The van der Waals surface area contributed by atoms with Crippen molar-refractivity contribution >= 4 is 16.8 Å². The van der Waals surface area contributed by atoms with E-state index in [0.29, 0.717) is 5.92 Å². The number of rotatable bonds is 6. The van der Waals surface area contributed by atoms with Crippen molar-refractivity contribution in [1.29, 1.82) is 0 Å². The molecule has 3 aromatic rings. The molecular weight excluding hydrogens is 494 g/mol. The third-order valence-electron chi connectivity index (χ3n) is 9.38. The van der Waals surface area contributed by atoms with Crippen molar-refractivity contribution in [2.45, 2.75) is 90.6 Å². The molecule has 6 rings (SSSR count). The van der Waals surface area contributed by atoms with Gasteiger partial charge in [-0.3, -0.25) is 14.7 Å². The van der Waals surface area contributed by atoms with Crippen LogP contribution in [0.15, 0.2) is 48.7 Å². The number of carbonyl (C=O) groups is 1. The van der Waals surface area contributed by atoms with Gasteiger partial charge in [0.25, 0.3) is 5.91 Å². The lowest BCUT2D eigenvalue weighted by Gasteiger charge is -2.52. The minimum absolute atomic E-state index is 0.0100. The number of amides is 1. The number of nitrogens with zero attached hydrogens (tertiary/aromatic N) is 2. The van der Waals surface area contributed by atoms with Gasteiger partial charge in [-0.15, -0.1) is 0 Å². The van der Waals surface area contributed by atoms with Crippen LogP contribution >= 0.6 is 0 Å². The highest BCUT2D eigenvalue weighted by molar-refractivity contribution is 5.95. The number of benzene rings is 2. The zero-order valence-electron chi connectivity index (χ0n) is 25.7. The summed E-state index contributed by atoms with van der Waals surface area (Å²) in [6.07, 6.45) is 5.46. The van der Waals surface area contributed by atoms with Gasteiger partial charge in [0.05, 0.1) is 18.7 Å². The van der Waals surface area contributed by atoms with Crippen molar-refractivity contribution in [2.24, 2.45) is 11.8 Å². The molecule has 0 radical (unpaired) electrons. The topological polar surface area (TPSA) is 54.5 Å². The van der Waals surface area contributed by atoms with Crippen LogP contribution in [0.3, 0.4) is 0 Å². The number of nitrogens with one attached hydrogen (secondary N) is 1. The Bertz CT molecular complexity index is 1350. The molecule has 1 amide bonds. The number of hydrogen-bond acceptors (Lipinski definition) is 4. The van der Waals surface area contributed by atoms with Gasteiger partial charge < -0.3 is 10.1 Å². The number of piperidine rings is 3. The Kier molecular flexibility index (Phi) is 7.73. The summed E-state index contributed by atoms with van der Waals surface area (Å²) < 4.78 is 5.60. The lowest BCUT2D eigenvalue weighted by atomic mass is 9.72. The van der Waals surface area contributed by atoms with Crippen molar-refractivity contribution in [2.75, 3.05) is 20.2 Å². The third-order valence-corrected chi connectivity index (χ3v) is 9.38. The fourth-order valence-electron chi connectivity index (χ4n) is 6.76. The molecule has 0 spiro atoms. The Balaban J connectivity index is 1.59. The summed E-state index contributed by atoms with van der Waals surface area (Å²) in [6.45, 7) is 17.8. The van der Waals surface area contributed by atoms with Gasteiger partial charge in [0.15, 0.2) is 0 Å². The van der Waals surface area contributed by atoms with Gasteiger partial charge in [-0.2, -0.15) is 0 Å². The Morgan fingerprint density at radius 2 is 1.75 bits per heavy atom. The normalized spacial score (nSPS) is 23.7. The molecule has 4 heterocycles. The van der Waals surface area contributed by atoms with Gasteiger partial charge >= 0.3 is 0 Å². The number of fused-ring (bicyclic) bond motifs is 4. The second-order valence-corrected chi connectivity index (χ2v) is 14.0. The molecule has 0 saturated carbocycles. The van der Waals surface area contributed by atoms with E-state index in [1.54, 1.807) is 7.11 Å². The van der Waals surface area contributed by atoms with Crippen LogP contribution in [0.1, 0.15) is 101 Å². The first-order chi connectivity index (χ1) is 18.9. The van der Waals surface area contributed by atoms with Crippen LogP contribution in [0.25, 0.3) is 10.9 Å². The summed E-state index contributed by atoms with van der Waals surface area (Å²) in [5, 5.41) is 4.62. The zero-order chi connectivity index (χ0) is 28.8. The fourth-order valence-corrected chi connectivity index (χ4v) is 6.76. The molecule has 3 aliphatic rings. The molecule has 3 aliphatic heterocycles. The molecule has 3 saturated heterocycles. The van der Waals surface area contributed by atoms with E-state index in [4.69, 9.17) is 4.74 Å². The number of hydrogen-bond donors (Lipinski definition) is 1. The number of carbonyl (C=O) groups excluding carboxylic acids is 1. The highest BCUT2D eigenvalue weighted by Gasteiger charge is 2.43. The summed E-state index contributed by atoms with van der Waals surface area (Å²) in [5.41, 5.74) is 5.03. The van der Waals surface area contributed by atoms with Gasteiger partial charge in [-0.05, 0) is 95.1 Å². The average Bonchev–Trinajstić information content (AvgIpc) is 2.94. The summed E-state index contributed by atoms with van der Waals surface area (Å²) >= 11 is 0. The predicted molar refractivity (Wildman–Crippen MR) is 164 cm³/mol. The standard InChI is InChI=1S/C35H47N3O2/c1-9-22-21-38-15-13-23(22)18-31(38)32(28-12-14-36-30-11-10-27(40-8)20-29(28)30)37-33(39)24-16-25(34(2,3)4)19-26(17-24)35(5,6)7/h10-12,14,16-17,19-20,22-23,31-32H,9,13,15,18,21H2,1-8H3,(H,37,39)/t22-,23-,31-,32-/m0/s1. The van der Waals surface area contributed by atoms with Gasteiger partial charge in [0, 0.05) is 29.7 Å². The Labute approximate surface area is 240 Å². The highest BCUT2D eigenvalue weighted by atomic mass is 16.5. The molecule has 1 aromatic heterocycles. The first-order valence-electron chi connectivity index (χ1n) is 15.0. The molecule has 0 aliphatic carbocycles. The van der Waals surface area contributed by atoms with E-state index >= 15 is 0 Å². The summed E-state index contributed by atoms with van der Waals surface area (Å²) in [5.74, 6) is 2.24. The molecule has 2 aromatic carbocycles. The van der Waals surface area contributed by atoms with Crippen LogP contribution in [-0.2, 0) is 10.8 Å². The number of pyridine rings is 1. The smallest absolute Gasteiger partial charge is 0.251 e. The first kappa shape index (κ1) is 28.6. The number of ether oxygens (including phenoxy) is 1. The van der Waals surface area contributed by atoms with E-state index in [1.165, 1.54) is 24.0 Å². The molecule has 5 heteroatoms. The maximum atomic E-state index is 14.2. The zero-order valence-corrected chi connectivity index (χ0v) is 25.7. The largest absolute Gasteiger partial charge is 0.497 e. The summed E-state index contributed by atoms with van der Waals surface area (Å²) in [6, 6.07) is 14.7. The monoisotopic (exact) mass is 541 g/mol. The maximum Gasteiger partial charge on any atom is 0.251 e. The molecule has 2 bridgehead atoms. The molecule has 1 N–H and O–H groups in total. The summed E-state index contributed by atoms with van der Waals surface area (Å²) in [4.78, 5) is 21.5. The van der Waals surface area contributed by atoms with Crippen LogP contribution in [0, 0.1) is 11.8 Å². The van der Waals surface area contributed by atoms with Gasteiger partial charge in [0.2, 0.25) is 0 Å². The van der Waals surface area contributed by atoms with Gasteiger partial charge in [-0.25, -0.2) is 0 Å². The van der Waals surface area contributed by atoms with E-state index in [-0.39, 0.29) is 28.8 Å². The molecular formula is C35H47N3O2. The lowest BCUT2D eigenvalue weighted by molar-refractivity contribution is -0.0152. The second kappa shape index (κ2) is 10.8. The molecule has 214 valence electrons. The maximum absolute atomic E-state index is 14.2. The molecule has 5 nitrogen and oxygen atoms in total. The number of aromatic nitrogens is 1. The van der Waals surface area contributed by atoms with E-state index in [0.717, 1.165) is 53.2 Å². The van der Waals surface area contributed by atoms with Crippen molar-refractivity contribution in [3.8, 4) is 5.75 Å². The van der Waals surface area contributed by atoms with Crippen LogP contribution < -0.4 is 10.1 Å². The first-order valence-corrected chi connectivity index (χ1v) is 15.0. The van der Waals surface area contributed by atoms with E-state index in [2.05, 4.69) is 94.0 Å². The predicted octanol–water partition coefficient (Wildman–Crippen LogP) is 7.43. The van der Waals surface area contributed by atoms with Crippen molar-refractivity contribution in [3.05, 3.63) is 70.9 Å². The molecule has 5 atom stereocenters. The van der Waals surface area contributed by atoms with E-state index in [1.807, 2.05) is 18.3 Å². The van der Waals surface area contributed by atoms with Gasteiger partial charge in [-0.1, -0.05) is 61.0 Å². The average molecular weight is 542 g/mol. The van der Waals surface area contributed by atoms with Crippen LogP contribution in [0.5, 0.6) is 5.75 Å². The third kappa shape index (κ3) is 5.63. The Morgan fingerprint density at radius 1 is 1.05 bits per heavy atom. The van der Waals surface area contributed by atoms with Crippen LogP contribution in [0.4, 0.5) is 0 Å². The van der Waals surface area contributed by atoms with E-state index < -0.39 is 0 Å². The minimum Gasteiger partial charge on any atom is -0.497 e. The van der Waals surface area contributed by atoms with Gasteiger partial charge in [0.1, 0.15) is 5.75 Å². The van der Waals surface area contributed by atoms with Crippen LogP contribution in [-0.4, -0.2) is 42.0 Å². The quantitative estimate of drug-likeness (QED) is 0.353. The van der Waals surface area contributed by atoms with Crippen molar-refractivity contribution in [1.82, 2.24) is 15.2 Å². The second-order valence-electron chi connectivity index (χ2n) is 14.0. The lowest BCUT2D eigenvalue weighted by Crippen LogP contribution is -2.57. The van der Waals surface area contributed by atoms with Crippen molar-refractivity contribution < 1.29 is 9.53 Å². The van der Waals surface area contributed by atoms with Crippen LogP contribution in [0.2, 0.25) is 0 Å². The SMILES string of the molecule is CC[C@H]1CN2CC[C@H]1C[C@H]2[C@@H](NC(=O)c1cc(C(C)(C)C)cc(C(C)(C)C)c1)c1ccnc2ccc(OC)cc12. The molecule has 40 heavy (non-hydrogen) atoms. The highest BCUT2D eigenvalue weighted by Crippen LogP contribution is 2.43. The summed E-state index contributed by atoms with van der Waals surface area (Å²) in [7, 11) is 1.70. The van der Waals surface area contributed by atoms with Crippen molar-refractivity contribution in [3.63, 3.8) is 0 Å². The minimum atomic E-state index is -0.151. The fraction of sp³-hybridized carbons (Fsp3) is 0.543. The number of methoxy groups -OCH3 is 1. The Morgan fingerprint density at radius 3 is 2.33 bits per heavy atom. The van der Waals surface area contributed by atoms with E-state index in [9.17, 15) is 4.79 Å².